The molecule has 1 aliphatic heterocycles. The highest BCUT2D eigenvalue weighted by molar-refractivity contribution is 7.89. The van der Waals surface area contributed by atoms with Gasteiger partial charge in [-0.05, 0) is 18.8 Å². The zero-order chi connectivity index (χ0) is 10.6. The molecule has 82 valence electrons. The topological polar surface area (TPSA) is 57.6 Å². The molecule has 0 aliphatic carbocycles. The second-order valence-electron chi connectivity index (χ2n) is 3.59. The summed E-state index contributed by atoms with van der Waals surface area (Å²) in [5.74, 6) is 0.332. The lowest BCUT2D eigenvalue weighted by atomic mass is 10.1. The summed E-state index contributed by atoms with van der Waals surface area (Å²) in [5.41, 5.74) is 0. The van der Waals surface area contributed by atoms with Crippen molar-refractivity contribution in [1.82, 2.24) is 4.31 Å². The van der Waals surface area contributed by atoms with Gasteiger partial charge in [0, 0.05) is 19.7 Å². The summed E-state index contributed by atoms with van der Waals surface area (Å²) in [6.45, 7) is 4.70. The number of rotatable bonds is 5. The quantitative estimate of drug-likeness (QED) is 0.672. The number of hydrogen-bond acceptors (Lipinski definition) is 3. The zero-order valence-electron chi connectivity index (χ0n) is 8.22. The van der Waals surface area contributed by atoms with E-state index in [2.05, 4.69) is 6.58 Å². The maximum Gasteiger partial charge on any atom is 0.217 e. The Balaban J connectivity index is 2.53. The fraction of sp³-hybridized carbons (Fsp3) is 0.778. The molecule has 1 heterocycles. The fourth-order valence-corrected chi connectivity index (χ4v) is 3.05. The fourth-order valence-electron chi connectivity index (χ4n) is 1.72. The molecule has 1 atom stereocenters. The van der Waals surface area contributed by atoms with E-state index in [4.69, 9.17) is 5.11 Å². The molecule has 0 spiro atoms. The smallest absolute Gasteiger partial charge is 0.217 e. The molecule has 1 unspecified atom stereocenters. The number of nitrogens with zero attached hydrogens (tertiary/aromatic N) is 1. The molecule has 1 fully saturated rings. The van der Waals surface area contributed by atoms with Crippen molar-refractivity contribution in [2.75, 3.05) is 25.4 Å². The van der Waals surface area contributed by atoms with Gasteiger partial charge in [0.05, 0.1) is 5.75 Å². The van der Waals surface area contributed by atoms with Gasteiger partial charge in [0.2, 0.25) is 10.0 Å². The Labute approximate surface area is 85.3 Å². The molecular weight excluding hydrogens is 202 g/mol. The summed E-state index contributed by atoms with van der Waals surface area (Å²) < 4.78 is 24.6. The third-order valence-electron chi connectivity index (χ3n) is 2.51. The lowest BCUT2D eigenvalue weighted by Crippen LogP contribution is -2.30. The highest BCUT2D eigenvalue weighted by Gasteiger charge is 2.29. The first-order chi connectivity index (χ1) is 6.60. The molecule has 0 radical (unpaired) electrons. The van der Waals surface area contributed by atoms with Gasteiger partial charge in [0.15, 0.2) is 0 Å². The number of aliphatic hydroxyl groups excluding tert-OH is 1. The minimum absolute atomic E-state index is 0.0127. The van der Waals surface area contributed by atoms with Crippen LogP contribution >= 0.6 is 0 Å². The summed E-state index contributed by atoms with van der Waals surface area (Å²) in [4.78, 5) is 0. The first-order valence-electron chi connectivity index (χ1n) is 4.79. The predicted molar refractivity (Wildman–Crippen MR) is 55.4 cm³/mol. The van der Waals surface area contributed by atoms with Gasteiger partial charge < -0.3 is 5.11 Å². The standard InChI is InChI=1S/C9H17NO3S/c1-2-7-14(12,13)10-5-3-9(8-10)4-6-11/h2,9,11H,1,3-8H2. The van der Waals surface area contributed by atoms with Crippen molar-refractivity contribution in [3.05, 3.63) is 12.7 Å². The summed E-state index contributed by atoms with van der Waals surface area (Å²) in [7, 11) is -3.13. The lowest BCUT2D eigenvalue weighted by molar-refractivity contribution is 0.260. The Morgan fingerprint density at radius 3 is 2.86 bits per heavy atom. The molecule has 0 amide bonds. The van der Waals surface area contributed by atoms with Gasteiger partial charge in [-0.1, -0.05) is 6.08 Å². The average Bonchev–Trinajstić information content (AvgIpc) is 2.54. The molecule has 1 saturated heterocycles. The molecule has 1 rings (SSSR count). The van der Waals surface area contributed by atoms with Crippen molar-refractivity contribution in [1.29, 1.82) is 0 Å². The summed E-state index contributed by atoms with van der Waals surface area (Å²) in [6, 6.07) is 0. The first-order valence-corrected chi connectivity index (χ1v) is 6.40. The van der Waals surface area contributed by atoms with Crippen molar-refractivity contribution in [2.45, 2.75) is 12.8 Å². The van der Waals surface area contributed by atoms with E-state index in [1.807, 2.05) is 0 Å². The van der Waals surface area contributed by atoms with E-state index in [0.29, 0.717) is 25.4 Å². The van der Waals surface area contributed by atoms with Crippen LogP contribution in [0.25, 0.3) is 0 Å². The van der Waals surface area contributed by atoms with E-state index < -0.39 is 10.0 Å². The lowest BCUT2D eigenvalue weighted by Gasteiger charge is -2.14. The Bertz CT molecular complexity index is 286. The Hall–Kier alpha value is -0.390. The van der Waals surface area contributed by atoms with Crippen LogP contribution in [-0.4, -0.2) is 43.3 Å². The van der Waals surface area contributed by atoms with Gasteiger partial charge >= 0.3 is 0 Å². The van der Waals surface area contributed by atoms with Crippen LogP contribution in [0, 0.1) is 5.92 Å². The van der Waals surface area contributed by atoms with E-state index >= 15 is 0 Å². The predicted octanol–water partition coefficient (Wildman–Crippen LogP) is 0.207. The molecule has 0 aromatic rings. The maximum atomic E-state index is 11.6. The van der Waals surface area contributed by atoms with E-state index in [9.17, 15) is 8.42 Å². The SMILES string of the molecule is C=CCS(=O)(=O)N1CCC(CCO)C1. The molecule has 0 aromatic carbocycles. The normalized spacial score (nSPS) is 23.9. The molecule has 1 N–H and O–H groups in total. The third-order valence-corrected chi connectivity index (χ3v) is 4.28. The highest BCUT2D eigenvalue weighted by atomic mass is 32.2. The molecule has 0 bridgehead atoms. The van der Waals surface area contributed by atoms with Gasteiger partial charge in [-0.25, -0.2) is 12.7 Å². The second kappa shape index (κ2) is 4.91. The van der Waals surface area contributed by atoms with Crippen LogP contribution in [0.15, 0.2) is 12.7 Å². The van der Waals surface area contributed by atoms with Crippen molar-refractivity contribution in [2.24, 2.45) is 5.92 Å². The Kier molecular flexibility index (Phi) is 4.10. The second-order valence-corrected chi connectivity index (χ2v) is 5.61. The number of hydrogen-bond donors (Lipinski definition) is 1. The largest absolute Gasteiger partial charge is 0.396 e. The molecular formula is C9H17NO3S. The Morgan fingerprint density at radius 2 is 2.29 bits per heavy atom. The van der Waals surface area contributed by atoms with E-state index in [0.717, 1.165) is 6.42 Å². The van der Waals surface area contributed by atoms with Crippen molar-refractivity contribution in [3.8, 4) is 0 Å². The van der Waals surface area contributed by atoms with E-state index in [1.54, 1.807) is 0 Å². The van der Waals surface area contributed by atoms with Crippen LogP contribution in [0.4, 0.5) is 0 Å². The average molecular weight is 219 g/mol. The zero-order valence-corrected chi connectivity index (χ0v) is 9.04. The molecule has 5 heteroatoms. The van der Waals surface area contributed by atoms with Crippen molar-refractivity contribution < 1.29 is 13.5 Å². The molecule has 0 aromatic heterocycles. The van der Waals surface area contributed by atoms with Gasteiger partial charge in [-0.3, -0.25) is 0 Å². The highest BCUT2D eigenvalue weighted by Crippen LogP contribution is 2.21. The molecule has 0 saturated carbocycles. The van der Waals surface area contributed by atoms with Crippen LogP contribution in [0.3, 0.4) is 0 Å². The number of aliphatic hydroxyl groups is 1. The summed E-state index contributed by atoms with van der Waals surface area (Å²) >= 11 is 0. The van der Waals surface area contributed by atoms with Crippen LogP contribution in [-0.2, 0) is 10.0 Å². The first kappa shape index (κ1) is 11.7. The van der Waals surface area contributed by atoms with Gasteiger partial charge in [0.25, 0.3) is 0 Å². The van der Waals surface area contributed by atoms with E-state index in [1.165, 1.54) is 10.4 Å². The Morgan fingerprint density at radius 1 is 1.57 bits per heavy atom. The van der Waals surface area contributed by atoms with Crippen LogP contribution in [0.5, 0.6) is 0 Å². The monoisotopic (exact) mass is 219 g/mol. The molecule has 1 aliphatic rings. The minimum Gasteiger partial charge on any atom is -0.396 e. The summed E-state index contributed by atoms with van der Waals surface area (Å²) in [6.07, 6.45) is 2.96. The molecule has 14 heavy (non-hydrogen) atoms. The van der Waals surface area contributed by atoms with Gasteiger partial charge in [-0.15, -0.1) is 6.58 Å². The van der Waals surface area contributed by atoms with Gasteiger partial charge in [-0.2, -0.15) is 0 Å². The van der Waals surface area contributed by atoms with Crippen LogP contribution in [0.2, 0.25) is 0 Å². The van der Waals surface area contributed by atoms with Crippen LogP contribution in [0.1, 0.15) is 12.8 Å². The van der Waals surface area contributed by atoms with Crippen molar-refractivity contribution >= 4 is 10.0 Å². The maximum absolute atomic E-state index is 11.6. The van der Waals surface area contributed by atoms with Gasteiger partial charge in [0.1, 0.15) is 0 Å². The van der Waals surface area contributed by atoms with Crippen LogP contribution < -0.4 is 0 Å². The van der Waals surface area contributed by atoms with Crippen molar-refractivity contribution in [3.63, 3.8) is 0 Å². The minimum atomic E-state index is -3.13. The van der Waals surface area contributed by atoms with E-state index in [-0.39, 0.29) is 12.4 Å². The summed E-state index contributed by atoms with van der Waals surface area (Å²) in [5, 5.41) is 8.73. The third kappa shape index (κ3) is 2.80. The number of sulfonamides is 1. The molecule has 4 nitrogen and oxygen atoms in total.